The van der Waals surface area contributed by atoms with Gasteiger partial charge in [-0.15, -0.1) is 0 Å². The molecule has 4 rings (SSSR count). The lowest BCUT2D eigenvalue weighted by Crippen LogP contribution is -2.28. The minimum Gasteiger partial charge on any atom is -0.296 e. The maximum atomic E-state index is 13.0. The van der Waals surface area contributed by atoms with Crippen LogP contribution in [0.2, 0.25) is 0 Å². The summed E-state index contributed by atoms with van der Waals surface area (Å²) >= 11 is 0. The van der Waals surface area contributed by atoms with Crippen molar-refractivity contribution in [1.82, 2.24) is 9.55 Å². The highest BCUT2D eigenvalue weighted by Gasteiger charge is 2.14. The van der Waals surface area contributed by atoms with E-state index in [0.717, 1.165) is 48.3 Å². The Labute approximate surface area is 127 Å². The first-order valence-corrected chi connectivity index (χ1v) is 7.52. The molecule has 110 valence electrons. The summed E-state index contributed by atoms with van der Waals surface area (Å²) < 4.78 is 14.8. The lowest BCUT2D eigenvalue weighted by atomic mass is 10.0. The van der Waals surface area contributed by atoms with E-state index in [1.165, 1.54) is 12.1 Å². The Kier molecular flexibility index (Phi) is 3.03. The summed E-state index contributed by atoms with van der Waals surface area (Å²) in [7, 11) is 0. The topological polar surface area (TPSA) is 34.9 Å². The zero-order valence-electron chi connectivity index (χ0n) is 12.1. The molecule has 0 unspecified atom stereocenters. The predicted molar refractivity (Wildman–Crippen MR) is 84.3 cm³/mol. The Balaban J connectivity index is 1.90. The highest BCUT2D eigenvalue weighted by Crippen LogP contribution is 2.23. The van der Waals surface area contributed by atoms with Crippen LogP contribution in [-0.2, 0) is 13.0 Å². The quantitative estimate of drug-likeness (QED) is 0.688. The molecular weight excluding hydrogens is 279 g/mol. The maximum Gasteiger partial charge on any atom is 0.261 e. The molecule has 0 radical (unpaired) electrons. The molecule has 0 bridgehead atoms. The standard InChI is InChI=1S/C18H15FN2O/c19-14-7-4-12(5-8-14)13-6-9-15-16(11-13)20-17-3-1-2-10-21(17)18(15)22/h4-9,11H,1-3,10H2. The molecule has 0 atom stereocenters. The number of nitrogens with zero attached hydrogens (tertiary/aromatic N) is 2. The van der Waals surface area contributed by atoms with Gasteiger partial charge in [0, 0.05) is 13.0 Å². The molecule has 3 aromatic rings. The van der Waals surface area contributed by atoms with Crippen molar-refractivity contribution in [1.29, 1.82) is 0 Å². The van der Waals surface area contributed by atoms with E-state index < -0.39 is 0 Å². The molecule has 0 saturated heterocycles. The minimum atomic E-state index is -0.255. The van der Waals surface area contributed by atoms with Crippen LogP contribution in [0.15, 0.2) is 47.3 Å². The van der Waals surface area contributed by atoms with Crippen molar-refractivity contribution in [3.05, 3.63) is 64.5 Å². The van der Waals surface area contributed by atoms with Crippen LogP contribution < -0.4 is 5.56 Å². The highest BCUT2D eigenvalue weighted by molar-refractivity contribution is 5.83. The van der Waals surface area contributed by atoms with Gasteiger partial charge in [-0.3, -0.25) is 9.36 Å². The van der Waals surface area contributed by atoms with E-state index in [1.54, 1.807) is 16.7 Å². The van der Waals surface area contributed by atoms with Crippen molar-refractivity contribution in [3.63, 3.8) is 0 Å². The number of hydrogen-bond acceptors (Lipinski definition) is 2. The first-order chi connectivity index (χ1) is 10.7. The molecule has 4 heteroatoms. The Morgan fingerprint density at radius 3 is 2.59 bits per heavy atom. The average molecular weight is 294 g/mol. The molecule has 0 fully saturated rings. The van der Waals surface area contributed by atoms with Crippen molar-refractivity contribution in [3.8, 4) is 11.1 Å². The molecule has 1 aliphatic rings. The van der Waals surface area contributed by atoms with Crippen LogP contribution in [0, 0.1) is 5.82 Å². The average Bonchev–Trinajstić information content (AvgIpc) is 2.55. The SMILES string of the molecule is O=c1c2ccc(-c3ccc(F)cc3)cc2nc2n1CCCC2. The molecular formula is C18H15FN2O. The molecule has 2 aromatic carbocycles. The van der Waals surface area contributed by atoms with Gasteiger partial charge < -0.3 is 0 Å². The van der Waals surface area contributed by atoms with Gasteiger partial charge in [0.15, 0.2) is 0 Å². The third-order valence-corrected chi connectivity index (χ3v) is 4.24. The van der Waals surface area contributed by atoms with Gasteiger partial charge in [-0.1, -0.05) is 18.2 Å². The number of fused-ring (bicyclic) bond motifs is 2. The van der Waals surface area contributed by atoms with E-state index >= 15 is 0 Å². The minimum absolute atomic E-state index is 0.0466. The monoisotopic (exact) mass is 294 g/mol. The molecule has 0 aliphatic carbocycles. The van der Waals surface area contributed by atoms with Crippen molar-refractivity contribution in [2.24, 2.45) is 0 Å². The van der Waals surface area contributed by atoms with Crippen LogP contribution >= 0.6 is 0 Å². The van der Waals surface area contributed by atoms with Crippen molar-refractivity contribution in [2.45, 2.75) is 25.8 Å². The molecule has 0 saturated carbocycles. The first kappa shape index (κ1) is 13.2. The van der Waals surface area contributed by atoms with Gasteiger partial charge in [0.25, 0.3) is 5.56 Å². The van der Waals surface area contributed by atoms with Gasteiger partial charge in [0.1, 0.15) is 11.6 Å². The summed E-state index contributed by atoms with van der Waals surface area (Å²) in [5, 5.41) is 0.650. The second kappa shape index (κ2) is 5.05. The lowest BCUT2D eigenvalue weighted by Gasteiger charge is -2.18. The van der Waals surface area contributed by atoms with Crippen molar-refractivity contribution >= 4 is 10.9 Å². The van der Waals surface area contributed by atoms with Crippen molar-refractivity contribution in [2.75, 3.05) is 0 Å². The number of halogens is 1. The number of aryl methyl sites for hydroxylation is 1. The van der Waals surface area contributed by atoms with Gasteiger partial charge in [-0.05, 0) is 48.2 Å². The van der Waals surface area contributed by atoms with Crippen LogP contribution in [0.3, 0.4) is 0 Å². The maximum absolute atomic E-state index is 13.0. The molecule has 3 nitrogen and oxygen atoms in total. The van der Waals surface area contributed by atoms with E-state index in [4.69, 9.17) is 0 Å². The Morgan fingerprint density at radius 2 is 1.77 bits per heavy atom. The Morgan fingerprint density at radius 1 is 1.00 bits per heavy atom. The second-order valence-corrected chi connectivity index (χ2v) is 5.68. The zero-order chi connectivity index (χ0) is 15.1. The zero-order valence-corrected chi connectivity index (χ0v) is 12.1. The van der Waals surface area contributed by atoms with Crippen LogP contribution in [0.4, 0.5) is 4.39 Å². The van der Waals surface area contributed by atoms with Gasteiger partial charge in [0.05, 0.1) is 10.9 Å². The molecule has 0 N–H and O–H groups in total. The summed E-state index contributed by atoms with van der Waals surface area (Å²) in [6.07, 6.45) is 2.97. The van der Waals surface area contributed by atoms with Gasteiger partial charge in [-0.25, -0.2) is 9.37 Å². The predicted octanol–water partition coefficient (Wildman–Crippen LogP) is 3.54. The van der Waals surface area contributed by atoms with E-state index in [9.17, 15) is 9.18 Å². The van der Waals surface area contributed by atoms with Crippen LogP contribution in [-0.4, -0.2) is 9.55 Å². The van der Waals surface area contributed by atoms with E-state index in [0.29, 0.717) is 5.39 Å². The second-order valence-electron chi connectivity index (χ2n) is 5.68. The number of aromatic nitrogens is 2. The molecule has 2 heterocycles. The van der Waals surface area contributed by atoms with Crippen LogP contribution in [0.25, 0.3) is 22.0 Å². The smallest absolute Gasteiger partial charge is 0.261 e. The third kappa shape index (κ3) is 2.11. The largest absolute Gasteiger partial charge is 0.296 e. The number of hydrogen-bond donors (Lipinski definition) is 0. The van der Waals surface area contributed by atoms with Gasteiger partial charge >= 0.3 is 0 Å². The fourth-order valence-corrected chi connectivity index (χ4v) is 3.06. The fourth-order valence-electron chi connectivity index (χ4n) is 3.06. The first-order valence-electron chi connectivity index (χ1n) is 7.52. The molecule has 22 heavy (non-hydrogen) atoms. The van der Waals surface area contributed by atoms with Crippen molar-refractivity contribution < 1.29 is 4.39 Å². The fraction of sp³-hybridized carbons (Fsp3) is 0.222. The van der Waals surface area contributed by atoms with Crippen LogP contribution in [0.1, 0.15) is 18.7 Å². The van der Waals surface area contributed by atoms with Gasteiger partial charge in [-0.2, -0.15) is 0 Å². The molecule has 1 aromatic heterocycles. The molecule has 0 amide bonds. The third-order valence-electron chi connectivity index (χ3n) is 4.24. The summed E-state index contributed by atoms with van der Waals surface area (Å²) in [5.74, 6) is 0.620. The van der Waals surface area contributed by atoms with E-state index in [2.05, 4.69) is 4.98 Å². The summed E-state index contributed by atoms with van der Waals surface area (Å²) in [6.45, 7) is 0.761. The Hall–Kier alpha value is -2.49. The van der Waals surface area contributed by atoms with Crippen LogP contribution in [0.5, 0.6) is 0 Å². The number of rotatable bonds is 1. The van der Waals surface area contributed by atoms with Gasteiger partial charge in [0.2, 0.25) is 0 Å². The number of benzene rings is 2. The van der Waals surface area contributed by atoms with E-state index in [-0.39, 0.29) is 11.4 Å². The summed E-state index contributed by atoms with van der Waals surface area (Å²) in [5.41, 5.74) is 2.63. The molecule has 1 aliphatic heterocycles. The molecule has 0 spiro atoms. The summed E-state index contributed by atoms with van der Waals surface area (Å²) in [6, 6.07) is 12.0. The highest BCUT2D eigenvalue weighted by atomic mass is 19.1. The lowest BCUT2D eigenvalue weighted by molar-refractivity contribution is 0.501. The van der Waals surface area contributed by atoms with E-state index in [1.807, 2.05) is 18.2 Å². The normalized spacial score (nSPS) is 14.0. The summed E-state index contributed by atoms with van der Waals surface area (Å²) in [4.78, 5) is 17.2. The Bertz CT molecular complexity index is 913.